The van der Waals surface area contributed by atoms with E-state index in [1.807, 2.05) is 50.2 Å². The van der Waals surface area contributed by atoms with Crippen molar-refractivity contribution in [1.29, 1.82) is 0 Å². The van der Waals surface area contributed by atoms with E-state index in [2.05, 4.69) is 9.38 Å². The lowest BCUT2D eigenvalue weighted by Gasteiger charge is -2.12. The van der Waals surface area contributed by atoms with Crippen LogP contribution in [0.2, 0.25) is 0 Å². The van der Waals surface area contributed by atoms with Crippen LogP contribution in [0, 0.1) is 13.8 Å². The van der Waals surface area contributed by atoms with Gasteiger partial charge in [0.1, 0.15) is 10.6 Å². The fourth-order valence-corrected chi connectivity index (χ4v) is 5.35. The molecule has 0 spiro atoms. The van der Waals surface area contributed by atoms with Crippen molar-refractivity contribution in [2.75, 3.05) is 0 Å². The zero-order chi connectivity index (χ0) is 20.2. The van der Waals surface area contributed by atoms with Gasteiger partial charge in [-0.2, -0.15) is 12.8 Å². The molecule has 0 unspecified atom stereocenters. The predicted octanol–water partition coefficient (Wildman–Crippen LogP) is 4.45. The first-order valence-electron chi connectivity index (χ1n) is 9.22. The summed E-state index contributed by atoms with van der Waals surface area (Å²) in [4.78, 5) is 9.09. The molecule has 142 valence electrons. The van der Waals surface area contributed by atoms with E-state index < -0.39 is 10.0 Å². The Labute approximate surface area is 168 Å². The number of benzene rings is 2. The van der Waals surface area contributed by atoms with Gasteiger partial charge in [-0.3, -0.25) is 9.97 Å². The first-order chi connectivity index (χ1) is 14.0. The van der Waals surface area contributed by atoms with Gasteiger partial charge in [-0.1, -0.05) is 48.5 Å². The van der Waals surface area contributed by atoms with E-state index in [1.165, 1.54) is 0 Å². The SMILES string of the molecule is Cc1nc(C2=NS(=O)(=O)c3c2cccc3-c2cccnc2)c(C)c2ccccc12. The van der Waals surface area contributed by atoms with Gasteiger partial charge in [0.05, 0.1) is 5.69 Å². The molecule has 1 aliphatic rings. The van der Waals surface area contributed by atoms with Crippen molar-refractivity contribution in [3.8, 4) is 11.1 Å². The summed E-state index contributed by atoms with van der Waals surface area (Å²) in [5.41, 5.74) is 4.69. The van der Waals surface area contributed by atoms with Crippen LogP contribution in [0.1, 0.15) is 22.5 Å². The van der Waals surface area contributed by atoms with E-state index in [4.69, 9.17) is 4.98 Å². The quantitative estimate of drug-likeness (QED) is 0.499. The minimum Gasteiger partial charge on any atom is -0.264 e. The molecule has 0 radical (unpaired) electrons. The third-order valence-electron chi connectivity index (χ3n) is 5.29. The van der Waals surface area contributed by atoms with Crippen molar-refractivity contribution >= 4 is 26.5 Å². The summed E-state index contributed by atoms with van der Waals surface area (Å²) in [7, 11) is -3.84. The van der Waals surface area contributed by atoms with Crippen LogP contribution >= 0.6 is 0 Å². The van der Waals surface area contributed by atoms with E-state index in [0.717, 1.165) is 27.6 Å². The van der Waals surface area contributed by atoms with E-state index in [9.17, 15) is 8.42 Å². The molecule has 2 aromatic carbocycles. The standard InChI is InChI=1S/C23H17N3O2S/c1-14-17-8-3-4-9-18(17)15(2)25-21(14)22-20-11-5-10-19(16-7-6-12-24-13-16)23(20)29(27,28)26-22/h3-13H,1-2H3. The first-order valence-corrected chi connectivity index (χ1v) is 10.7. The van der Waals surface area contributed by atoms with Crippen molar-refractivity contribution in [2.45, 2.75) is 18.7 Å². The summed E-state index contributed by atoms with van der Waals surface area (Å²) >= 11 is 0. The number of fused-ring (bicyclic) bond motifs is 2. The van der Waals surface area contributed by atoms with Gasteiger partial charge in [0.25, 0.3) is 10.0 Å². The maximum atomic E-state index is 13.1. The zero-order valence-corrected chi connectivity index (χ0v) is 16.7. The zero-order valence-electron chi connectivity index (χ0n) is 15.9. The molecule has 0 fully saturated rings. The molecule has 0 bridgehead atoms. The van der Waals surface area contributed by atoms with Crippen molar-refractivity contribution < 1.29 is 8.42 Å². The number of aromatic nitrogens is 2. The van der Waals surface area contributed by atoms with Crippen LogP contribution < -0.4 is 0 Å². The fraction of sp³-hybridized carbons (Fsp3) is 0.0870. The molecule has 5 nitrogen and oxygen atoms in total. The molecular weight excluding hydrogens is 382 g/mol. The van der Waals surface area contributed by atoms with Crippen LogP contribution in [0.4, 0.5) is 0 Å². The van der Waals surface area contributed by atoms with Gasteiger partial charge in [-0.05, 0) is 30.9 Å². The molecule has 2 aromatic heterocycles. The van der Waals surface area contributed by atoms with Crippen molar-refractivity contribution in [1.82, 2.24) is 9.97 Å². The Morgan fingerprint density at radius 1 is 0.828 bits per heavy atom. The highest BCUT2D eigenvalue weighted by Gasteiger charge is 2.34. The molecule has 0 atom stereocenters. The topological polar surface area (TPSA) is 72.3 Å². The summed E-state index contributed by atoms with van der Waals surface area (Å²) < 4.78 is 30.3. The Morgan fingerprint density at radius 2 is 1.59 bits per heavy atom. The van der Waals surface area contributed by atoms with E-state index in [-0.39, 0.29) is 4.90 Å². The summed E-state index contributed by atoms with van der Waals surface area (Å²) in [5, 5.41) is 2.10. The van der Waals surface area contributed by atoms with E-state index in [0.29, 0.717) is 22.5 Å². The molecule has 0 N–H and O–H groups in total. The average molecular weight is 399 g/mol. The van der Waals surface area contributed by atoms with Gasteiger partial charge in [-0.15, -0.1) is 0 Å². The van der Waals surface area contributed by atoms with Crippen LogP contribution in [0.15, 0.2) is 76.3 Å². The number of hydrogen-bond donors (Lipinski definition) is 0. The summed E-state index contributed by atoms with van der Waals surface area (Å²) in [5.74, 6) is 0. The lowest BCUT2D eigenvalue weighted by atomic mass is 9.96. The van der Waals surface area contributed by atoms with Gasteiger partial charge in [0, 0.05) is 40.2 Å². The van der Waals surface area contributed by atoms with Crippen molar-refractivity contribution in [3.63, 3.8) is 0 Å². The Balaban J connectivity index is 1.80. The molecule has 5 rings (SSSR count). The third-order valence-corrected chi connectivity index (χ3v) is 6.67. The molecule has 29 heavy (non-hydrogen) atoms. The smallest absolute Gasteiger partial charge is 0.264 e. The number of pyridine rings is 2. The highest BCUT2D eigenvalue weighted by molar-refractivity contribution is 7.91. The number of hydrogen-bond acceptors (Lipinski definition) is 4. The Bertz CT molecular complexity index is 1430. The van der Waals surface area contributed by atoms with Crippen LogP contribution in [-0.2, 0) is 10.0 Å². The third kappa shape index (κ3) is 2.68. The predicted molar refractivity (Wildman–Crippen MR) is 114 cm³/mol. The van der Waals surface area contributed by atoms with Crippen LogP contribution in [-0.4, -0.2) is 24.1 Å². The van der Waals surface area contributed by atoms with Crippen LogP contribution in [0.25, 0.3) is 21.9 Å². The molecule has 6 heteroatoms. The Kier molecular flexibility index (Phi) is 3.86. The Hall–Kier alpha value is -3.38. The van der Waals surface area contributed by atoms with Crippen molar-refractivity contribution in [3.05, 3.63) is 89.5 Å². The molecular formula is C23H17N3O2S. The molecule has 1 aliphatic heterocycles. The highest BCUT2D eigenvalue weighted by atomic mass is 32.2. The fourth-order valence-electron chi connectivity index (χ4n) is 3.93. The van der Waals surface area contributed by atoms with Gasteiger partial charge in [0.2, 0.25) is 0 Å². The summed E-state index contributed by atoms with van der Waals surface area (Å²) in [6.45, 7) is 3.89. The van der Waals surface area contributed by atoms with Gasteiger partial charge >= 0.3 is 0 Å². The van der Waals surface area contributed by atoms with Crippen LogP contribution in [0.3, 0.4) is 0 Å². The maximum Gasteiger partial charge on any atom is 0.284 e. The van der Waals surface area contributed by atoms with E-state index >= 15 is 0 Å². The minimum atomic E-state index is -3.84. The van der Waals surface area contributed by atoms with Gasteiger partial charge < -0.3 is 0 Å². The number of sulfonamides is 1. The average Bonchev–Trinajstić information content (AvgIpc) is 3.02. The lowest BCUT2D eigenvalue weighted by Crippen LogP contribution is -2.08. The second kappa shape index (κ2) is 6.32. The second-order valence-corrected chi connectivity index (χ2v) is 8.60. The monoisotopic (exact) mass is 399 g/mol. The van der Waals surface area contributed by atoms with Gasteiger partial charge in [0.15, 0.2) is 0 Å². The molecule has 4 aromatic rings. The first kappa shape index (κ1) is 17.7. The number of nitrogens with zero attached hydrogens (tertiary/aromatic N) is 3. The molecule has 0 saturated heterocycles. The second-order valence-electron chi connectivity index (χ2n) is 7.06. The molecule has 0 saturated carbocycles. The van der Waals surface area contributed by atoms with Crippen molar-refractivity contribution in [2.24, 2.45) is 4.40 Å². The number of aryl methyl sites for hydroxylation is 2. The van der Waals surface area contributed by atoms with E-state index in [1.54, 1.807) is 30.6 Å². The van der Waals surface area contributed by atoms with Crippen LogP contribution in [0.5, 0.6) is 0 Å². The van der Waals surface area contributed by atoms with Gasteiger partial charge in [-0.25, -0.2) is 0 Å². The molecule has 0 amide bonds. The Morgan fingerprint density at radius 3 is 2.34 bits per heavy atom. The minimum absolute atomic E-state index is 0.218. The highest BCUT2D eigenvalue weighted by Crippen LogP contribution is 2.38. The maximum absolute atomic E-state index is 13.1. The normalized spacial score (nSPS) is 14.6. The lowest BCUT2D eigenvalue weighted by molar-refractivity contribution is 0.599. The number of rotatable bonds is 2. The largest absolute Gasteiger partial charge is 0.284 e. The summed E-state index contributed by atoms with van der Waals surface area (Å²) in [6, 6.07) is 17.1. The molecule has 3 heterocycles. The summed E-state index contributed by atoms with van der Waals surface area (Å²) in [6.07, 6.45) is 3.32. The molecule has 0 aliphatic carbocycles.